The van der Waals surface area contributed by atoms with Crippen molar-refractivity contribution in [2.75, 3.05) is 31.3 Å². The first-order valence-corrected chi connectivity index (χ1v) is 12.3. The molecule has 0 aliphatic heterocycles. The molecule has 1 heterocycles. The van der Waals surface area contributed by atoms with Crippen molar-refractivity contribution in [2.45, 2.75) is 13.8 Å². The normalized spacial score (nSPS) is 11.4. The molecule has 1 aromatic heterocycles. The topological polar surface area (TPSA) is 102 Å². The monoisotopic (exact) mass is 484 g/mol. The number of para-hydroxylation sites is 1. The highest BCUT2D eigenvalue weighted by molar-refractivity contribution is 7.92. The van der Waals surface area contributed by atoms with Crippen molar-refractivity contribution in [1.82, 2.24) is 9.99 Å². The largest absolute Gasteiger partial charge is 0.497 e. The third-order valence-electron chi connectivity index (χ3n) is 5.22. The summed E-state index contributed by atoms with van der Waals surface area (Å²) in [5.74, 6) is 0.107. The van der Waals surface area contributed by atoms with Gasteiger partial charge in [0.1, 0.15) is 18.0 Å². The molecule has 0 aliphatic rings. The van der Waals surface area contributed by atoms with E-state index in [1.165, 1.54) is 26.5 Å². The molecular weight excluding hydrogens is 456 g/mol. The number of carbonyl (C=O) groups is 1. The number of benzene rings is 2. The van der Waals surface area contributed by atoms with Gasteiger partial charge in [0.05, 0.1) is 32.4 Å². The predicted molar refractivity (Wildman–Crippen MR) is 133 cm³/mol. The Kier molecular flexibility index (Phi) is 7.62. The SMILES string of the molecule is COc1ccc(OC)c(N(CC(=O)N/N=C\c2cc(C)n(-c3ccccc3)c2C)S(C)(=O)=O)c1. The van der Waals surface area contributed by atoms with Gasteiger partial charge >= 0.3 is 0 Å². The number of ether oxygens (including phenoxy) is 2. The van der Waals surface area contributed by atoms with Crippen LogP contribution in [0.3, 0.4) is 0 Å². The van der Waals surface area contributed by atoms with Crippen LogP contribution in [0.1, 0.15) is 17.0 Å². The number of methoxy groups -OCH3 is 2. The minimum absolute atomic E-state index is 0.190. The van der Waals surface area contributed by atoms with Crippen molar-refractivity contribution in [1.29, 1.82) is 0 Å². The summed E-state index contributed by atoms with van der Waals surface area (Å²) in [6.07, 6.45) is 2.55. The van der Waals surface area contributed by atoms with E-state index < -0.39 is 22.5 Å². The number of rotatable bonds is 9. The minimum atomic E-state index is -3.81. The zero-order valence-corrected chi connectivity index (χ0v) is 20.6. The zero-order valence-electron chi connectivity index (χ0n) is 19.8. The standard InChI is InChI=1S/C24H28N4O5S/c1-17-13-19(18(2)28(17)20-9-7-6-8-10-20)15-25-26-24(29)16-27(34(5,30)31)22-14-21(32-3)11-12-23(22)33-4/h6-15H,16H2,1-5H3,(H,26,29)/b25-15-. The average molecular weight is 485 g/mol. The summed E-state index contributed by atoms with van der Waals surface area (Å²) in [5.41, 5.74) is 6.43. The van der Waals surface area contributed by atoms with Crippen molar-refractivity contribution in [3.05, 3.63) is 71.5 Å². The number of hydrogen-bond acceptors (Lipinski definition) is 6. The number of hydrogen-bond donors (Lipinski definition) is 1. The van der Waals surface area contributed by atoms with Gasteiger partial charge < -0.3 is 14.0 Å². The molecule has 0 bridgehead atoms. The fourth-order valence-corrected chi connectivity index (χ4v) is 4.46. The number of nitrogens with zero attached hydrogens (tertiary/aromatic N) is 3. The second-order valence-electron chi connectivity index (χ2n) is 7.60. The Bertz CT molecular complexity index is 1300. The summed E-state index contributed by atoms with van der Waals surface area (Å²) in [5, 5.41) is 4.04. The molecule has 0 saturated carbocycles. The Balaban J connectivity index is 1.78. The second kappa shape index (κ2) is 10.4. The summed E-state index contributed by atoms with van der Waals surface area (Å²) >= 11 is 0. The van der Waals surface area contributed by atoms with E-state index in [4.69, 9.17) is 9.47 Å². The molecule has 0 aliphatic carbocycles. The lowest BCUT2D eigenvalue weighted by Gasteiger charge is -2.23. The van der Waals surface area contributed by atoms with Crippen molar-refractivity contribution in [2.24, 2.45) is 5.10 Å². The number of carbonyl (C=O) groups excluding carboxylic acids is 1. The molecular formula is C24H28N4O5S. The first-order chi connectivity index (χ1) is 16.2. The number of hydrazone groups is 1. The third kappa shape index (κ3) is 5.57. The lowest BCUT2D eigenvalue weighted by Crippen LogP contribution is -2.39. The average Bonchev–Trinajstić information content (AvgIpc) is 3.09. The molecule has 0 radical (unpaired) electrons. The van der Waals surface area contributed by atoms with E-state index in [0.29, 0.717) is 5.75 Å². The Morgan fingerprint density at radius 3 is 2.41 bits per heavy atom. The van der Waals surface area contributed by atoms with E-state index in [2.05, 4.69) is 15.1 Å². The second-order valence-corrected chi connectivity index (χ2v) is 9.50. The number of aryl methyl sites for hydroxylation is 1. The highest BCUT2D eigenvalue weighted by Gasteiger charge is 2.24. The van der Waals surface area contributed by atoms with Gasteiger partial charge in [0.15, 0.2) is 0 Å². The third-order valence-corrected chi connectivity index (χ3v) is 6.35. The molecule has 0 spiro atoms. The van der Waals surface area contributed by atoms with Crippen LogP contribution in [-0.4, -0.2) is 52.1 Å². The summed E-state index contributed by atoms with van der Waals surface area (Å²) in [6.45, 7) is 3.47. The Morgan fingerprint density at radius 2 is 1.79 bits per heavy atom. The molecule has 1 amide bonds. The summed E-state index contributed by atoms with van der Waals surface area (Å²) in [6, 6.07) is 16.6. The first-order valence-electron chi connectivity index (χ1n) is 10.4. The van der Waals surface area contributed by atoms with Gasteiger partial charge in [-0.1, -0.05) is 18.2 Å². The maximum absolute atomic E-state index is 12.6. The smallest absolute Gasteiger partial charge is 0.260 e. The summed E-state index contributed by atoms with van der Waals surface area (Å²) in [7, 11) is -0.922. The van der Waals surface area contributed by atoms with Crippen molar-refractivity contribution < 1.29 is 22.7 Å². The Hall–Kier alpha value is -3.79. The maximum atomic E-state index is 12.6. The molecule has 9 nitrogen and oxygen atoms in total. The summed E-state index contributed by atoms with van der Waals surface area (Å²) < 4.78 is 38.4. The molecule has 0 atom stereocenters. The lowest BCUT2D eigenvalue weighted by atomic mass is 10.2. The maximum Gasteiger partial charge on any atom is 0.260 e. The van der Waals surface area contributed by atoms with Crippen LogP contribution in [0.2, 0.25) is 0 Å². The van der Waals surface area contributed by atoms with Gasteiger partial charge in [0, 0.05) is 28.7 Å². The van der Waals surface area contributed by atoms with Crippen LogP contribution in [0.5, 0.6) is 11.5 Å². The molecule has 0 saturated heterocycles. The number of sulfonamides is 1. The van der Waals surface area contributed by atoms with Crippen LogP contribution in [-0.2, 0) is 14.8 Å². The van der Waals surface area contributed by atoms with Gasteiger partial charge in [0.25, 0.3) is 5.91 Å². The van der Waals surface area contributed by atoms with Crippen LogP contribution in [0.4, 0.5) is 5.69 Å². The summed E-state index contributed by atoms with van der Waals surface area (Å²) in [4.78, 5) is 12.6. The zero-order chi connectivity index (χ0) is 24.9. The highest BCUT2D eigenvalue weighted by Crippen LogP contribution is 2.33. The number of amides is 1. The predicted octanol–water partition coefficient (Wildman–Crippen LogP) is 3.03. The molecule has 34 heavy (non-hydrogen) atoms. The van der Waals surface area contributed by atoms with Crippen LogP contribution in [0.25, 0.3) is 5.69 Å². The molecule has 3 rings (SSSR count). The lowest BCUT2D eigenvalue weighted by molar-refractivity contribution is -0.119. The van der Waals surface area contributed by atoms with E-state index >= 15 is 0 Å². The highest BCUT2D eigenvalue weighted by atomic mass is 32.2. The number of aromatic nitrogens is 1. The van der Waals surface area contributed by atoms with E-state index in [1.54, 1.807) is 12.1 Å². The molecule has 2 aromatic carbocycles. The Morgan fingerprint density at radius 1 is 1.09 bits per heavy atom. The van der Waals surface area contributed by atoms with E-state index in [1.807, 2.05) is 50.2 Å². The molecule has 10 heteroatoms. The number of nitrogens with one attached hydrogen (secondary N) is 1. The molecule has 0 fully saturated rings. The van der Waals surface area contributed by atoms with Gasteiger partial charge in [-0.2, -0.15) is 5.10 Å². The molecule has 1 N–H and O–H groups in total. The van der Waals surface area contributed by atoms with Crippen LogP contribution < -0.4 is 19.2 Å². The van der Waals surface area contributed by atoms with Crippen LogP contribution in [0.15, 0.2) is 59.7 Å². The van der Waals surface area contributed by atoms with Gasteiger partial charge in [-0.15, -0.1) is 0 Å². The molecule has 180 valence electrons. The fourth-order valence-electron chi connectivity index (χ4n) is 3.61. The van der Waals surface area contributed by atoms with Crippen molar-refractivity contribution in [3.63, 3.8) is 0 Å². The van der Waals surface area contributed by atoms with Crippen molar-refractivity contribution in [3.8, 4) is 17.2 Å². The van der Waals surface area contributed by atoms with Gasteiger partial charge in [-0.05, 0) is 44.2 Å². The van der Waals surface area contributed by atoms with E-state index in [9.17, 15) is 13.2 Å². The quantitative estimate of drug-likeness (QED) is 0.372. The Labute approximate surface area is 199 Å². The molecule has 0 unspecified atom stereocenters. The van der Waals surface area contributed by atoms with E-state index in [0.717, 1.165) is 33.2 Å². The van der Waals surface area contributed by atoms with Gasteiger partial charge in [-0.25, -0.2) is 13.8 Å². The first kappa shape index (κ1) is 24.8. The van der Waals surface area contributed by atoms with Crippen molar-refractivity contribution >= 4 is 27.8 Å². The number of anilines is 1. The van der Waals surface area contributed by atoms with Crippen LogP contribution >= 0.6 is 0 Å². The fraction of sp³-hybridized carbons (Fsp3) is 0.250. The van der Waals surface area contributed by atoms with Crippen LogP contribution in [0, 0.1) is 13.8 Å². The van der Waals surface area contributed by atoms with Gasteiger partial charge in [0.2, 0.25) is 10.0 Å². The van der Waals surface area contributed by atoms with Gasteiger partial charge in [-0.3, -0.25) is 9.10 Å². The minimum Gasteiger partial charge on any atom is -0.497 e. The van der Waals surface area contributed by atoms with E-state index in [-0.39, 0.29) is 11.4 Å². The molecule has 3 aromatic rings.